The lowest BCUT2D eigenvalue weighted by molar-refractivity contribution is -0.132. The molecule has 0 spiro atoms. The first-order chi connectivity index (χ1) is 20.8. The fourth-order valence-corrected chi connectivity index (χ4v) is 5.28. The number of carbonyl (C=O) groups excluding carboxylic acids is 2. The lowest BCUT2D eigenvalue weighted by atomic mass is 9.82. The van der Waals surface area contributed by atoms with Crippen molar-refractivity contribution in [1.29, 1.82) is 0 Å². The Morgan fingerprint density at radius 1 is 0.674 bits per heavy atom. The number of hydrogen-bond donors (Lipinski definition) is 0. The molecule has 2 aliphatic rings. The van der Waals surface area contributed by atoms with Gasteiger partial charge in [-0.05, 0) is 113 Å². The van der Waals surface area contributed by atoms with Gasteiger partial charge in [-0.15, -0.1) is 0 Å². The van der Waals surface area contributed by atoms with Crippen molar-refractivity contribution in [3.8, 4) is 23.0 Å². The molecule has 0 radical (unpaired) electrons. The molecule has 0 N–H and O–H groups in total. The van der Waals surface area contributed by atoms with E-state index in [2.05, 4.69) is 9.80 Å². The van der Waals surface area contributed by atoms with Crippen LogP contribution < -0.4 is 18.9 Å². The minimum atomic E-state index is -1.22. The van der Waals surface area contributed by atoms with Gasteiger partial charge in [0.25, 0.3) is 0 Å². The van der Waals surface area contributed by atoms with Gasteiger partial charge in [-0.3, -0.25) is 19.4 Å². The van der Waals surface area contributed by atoms with Crippen LogP contribution in [0.3, 0.4) is 0 Å². The highest BCUT2D eigenvalue weighted by molar-refractivity contribution is 6.16. The summed E-state index contributed by atoms with van der Waals surface area (Å²) < 4.78 is 22.9. The topological polar surface area (TPSA) is 77.5 Å². The van der Waals surface area contributed by atoms with E-state index in [4.69, 9.17) is 18.9 Å². The molecule has 0 aromatic heterocycles. The SMILES string of the molecule is COc1cc(/C=C/C(=O)C(C)(C)C(=O)/C=C/c2ccc(OCCN3CCCC3)c(OC)c2)ccc1OCCN1CCCC1. The zero-order valence-corrected chi connectivity index (χ0v) is 26.1. The summed E-state index contributed by atoms with van der Waals surface area (Å²) in [6.45, 7) is 10.8. The number of benzene rings is 2. The van der Waals surface area contributed by atoms with Crippen LogP contribution in [0.2, 0.25) is 0 Å². The van der Waals surface area contributed by atoms with E-state index in [-0.39, 0.29) is 11.6 Å². The molecule has 0 bridgehead atoms. The Labute approximate surface area is 256 Å². The molecule has 2 heterocycles. The van der Waals surface area contributed by atoms with E-state index in [0.29, 0.717) is 36.2 Å². The van der Waals surface area contributed by atoms with Gasteiger partial charge in [0, 0.05) is 13.1 Å². The van der Waals surface area contributed by atoms with Crippen LogP contribution >= 0.6 is 0 Å². The Hall–Kier alpha value is -3.62. The summed E-state index contributed by atoms with van der Waals surface area (Å²) in [5.74, 6) is 1.98. The molecular formula is C35H46N2O6. The molecule has 2 aromatic rings. The predicted molar refractivity (Wildman–Crippen MR) is 170 cm³/mol. The van der Waals surface area contributed by atoms with Gasteiger partial charge < -0.3 is 18.9 Å². The largest absolute Gasteiger partial charge is 0.493 e. The van der Waals surface area contributed by atoms with Gasteiger partial charge in [0.15, 0.2) is 34.6 Å². The smallest absolute Gasteiger partial charge is 0.169 e. The average Bonchev–Trinajstić information content (AvgIpc) is 3.74. The zero-order chi connectivity index (χ0) is 30.7. The molecule has 0 atom stereocenters. The molecule has 0 unspecified atom stereocenters. The van der Waals surface area contributed by atoms with Gasteiger partial charge in [-0.2, -0.15) is 0 Å². The summed E-state index contributed by atoms with van der Waals surface area (Å²) in [7, 11) is 3.20. The van der Waals surface area contributed by atoms with Crippen LogP contribution in [0.4, 0.5) is 0 Å². The Bertz CT molecular complexity index is 1190. The number of rotatable bonds is 16. The monoisotopic (exact) mass is 590 g/mol. The standard InChI is InChI=1S/C35H46N2O6/c1-35(2,33(38)15-11-27-9-13-29(31(25-27)40-3)42-23-21-36-17-5-6-18-36)34(39)16-12-28-10-14-30(32(26-28)41-4)43-24-22-37-19-7-8-20-37/h9-16,25-26H,5-8,17-24H2,1-4H3/b15-11+,16-12+. The number of allylic oxidation sites excluding steroid dienone is 2. The van der Waals surface area contributed by atoms with Crippen LogP contribution in [-0.2, 0) is 9.59 Å². The maximum absolute atomic E-state index is 13.1. The lowest BCUT2D eigenvalue weighted by Crippen LogP contribution is -2.30. The summed E-state index contributed by atoms with van der Waals surface area (Å²) in [5, 5.41) is 0. The van der Waals surface area contributed by atoms with Crippen molar-refractivity contribution < 1.29 is 28.5 Å². The van der Waals surface area contributed by atoms with E-state index >= 15 is 0 Å². The summed E-state index contributed by atoms with van der Waals surface area (Å²) >= 11 is 0. The second-order valence-electron chi connectivity index (χ2n) is 11.6. The van der Waals surface area contributed by atoms with Crippen LogP contribution in [-0.4, -0.2) is 88.1 Å². The molecule has 43 heavy (non-hydrogen) atoms. The molecular weight excluding hydrogens is 544 g/mol. The van der Waals surface area contributed by atoms with Crippen molar-refractivity contribution in [2.75, 3.05) is 66.7 Å². The maximum atomic E-state index is 13.1. The van der Waals surface area contributed by atoms with Crippen molar-refractivity contribution in [2.45, 2.75) is 39.5 Å². The van der Waals surface area contributed by atoms with Gasteiger partial charge in [-0.1, -0.05) is 24.3 Å². The van der Waals surface area contributed by atoms with Crippen molar-refractivity contribution in [2.24, 2.45) is 5.41 Å². The number of methoxy groups -OCH3 is 2. The van der Waals surface area contributed by atoms with E-state index in [1.165, 1.54) is 37.8 Å². The third-order valence-electron chi connectivity index (χ3n) is 8.19. The van der Waals surface area contributed by atoms with Gasteiger partial charge in [0.05, 0.1) is 19.6 Å². The Balaban J connectivity index is 1.31. The minimum Gasteiger partial charge on any atom is -0.493 e. The lowest BCUT2D eigenvalue weighted by Gasteiger charge is -2.18. The zero-order valence-electron chi connectivity index (χ0n) is 26.1. The van der Waals surface area contributed by atoms with Crippen LogP contribution in [0.25, 0.3) is 12.2 Å². The minimum absolute atomic E-state index is 0.286. The van der Waals surface area contributed by atoms with E-state index < -0.39 is 5.41 Å². The van der Waals surface area contributed by atoms with Gasteiger partial charge in [0.2, 0.25) is 0 Å². The predicted octanol–water partition coefficient (Wildman–Crippen LogP) is 5.54. The number of ketones is 2. The summed E-state index contributed by atoms with van der Waals surface area (Å²) in [5.41, 5.74) is 0.342. The number of likely N-dealkylation sites (tertiary alicyclic amines) is 2. The third kappa shape index (κ3) is 9.18. The van der Waals surface area contributed by atoms with Crippen LogP contribution in [0.5, 0.6) is 23.0 Å². The maximum Gasteiger partial charge on any atom is 0.169 e. The first-order valence-corrected chi connectivity index (χ1v) is 15.3. The molecule has 2 fully saturated rings. The first-order valence-electron chi connectivity index (χ1n) is 15.3. The van der Waals surface area contributed by atoms with E-state index in [9.17, 15) is 9.59 Å². The second kappa shape index (κ2) is 15.7. The van der Waals surface area contributed by atoms with Crippen molar-refractivity contribution in [3.05, 3.63) is 59.7 Å². The fraction of sp³-hybridized carbons (Fsp3) is 0.486. The van der Waals surface area contributed by atoms with Gasteiger partial charge in [0.1, 0.15) is 13.2 Å². The average molecular weight is 591 g/mol. The van der Waals surface area contributed by atoms with Crippen LogP contribution in [0.1, 0.15) is 50.7 Å². The summed E-state index contributed by atoms with van der Waals surface area (Å²) in [6.07, 6.45) is 11.3. The third-order valence-corrected chi connectivity index (χ3v) is 8.19. The summed E-state index contributed by atoms with van der Waals surface area (Å²) in [4.78, 5) is 30.9. The molecule has 8 heteroatoms. The first kappa shape index (κ1) is 32.3. The quantitative estimate of drug-likeness (QED) is 0.186. The molecule has 2 aromatic carbocycles. The summed E-state index contributed by atoms with van der Waals surface area (Å²) in [6, 6.07) is 11.1. The van der Waals surface area contributed by atoms with Crippen LogP contribution in [0, 0.1) is 5.41 Å². The Morgan fingerprint density at radius 2 is 1.07 bits per heavy atom. The number of carbonyl (C=O) groups is 2. The van der Waals surface area contributed by atoms with Gasteiger partial charge >= 0.3 is 0 Å². The normalized spacial score (nSPS) is 16.3. The highest BCUT2D eigenvalue weighted by atomic mass is 16.5. The molecule has 232 valence electrons. The van der Waals surface area contributed by atoms with E-state index in [0.717, 1.165) is 50.4 Å². The van der Waals surface area contributed by atoms with Gasteiger partial charge in [-0.25, -0.2) is 0 Å². The fourth-order valence-electron chi connectivity index (χ4n) is 5.28. The molecule has 2 aliphatic heterocycles. The molecule has 4 rings (SSSR count). The van der Waals surface area contributed by atoms with E-state index in [1.807, 2.05) is 36.4 Å². The second-order valence-corrected chi connectivity index (χ2v) is 11.6. The highest BCUT2D eigenvalue weighted by Gasteiger charge is 2.32. The Morgan fingerprint density at radius 3 is 1.44 bits per heavy atom. The van der Waals surface area contributed by atoms with Crippen LogP contribution in [0.15, 0.2) is 48.6 Å². The highest BCUT2D eigenvalue weighted by Crippen LogP contribution is 2.30. The van der Waals surface area contributed by atoms with E-state index in [1.54, 1.807) is 40.2 Å². The molecule has 0 aliphatic carbocycles. The van der Waals surface area contributed by atoms with Crippen molar-refractivity contribution >= 4 is 23.7 Å². The van der Waals surface area contributed by atoms with Crippen molar-refractivity contribution in [1.82, 2.24) is 9.80 Å². The molecule has 2 saturated heterocycles. The molecule has 8 nitrogen and oxygen atoms in total. The molecule has 0 saturated carbocycles. The Kier molecular flexibility index (Phi) is 11.8. The van der Waals surface area contributed by atoms with Crippen molar-refractivity contribution in [3.63, 3.8) is 0 Å². The molecule has 0 amide bonds. The number of nitrogens with zero attached hydrogens (tertiary/aromatic N) is 2. The number of hydrogen-bond acceptors (Lipinski definition) is 8. The number of ether oxygens (including phenoxy) is 4.